The van der Waals surface area contributed by atoms with E-state index < -0.39 is 11.7 Å². The Bertz CT molecular complexity index is 656. The summed E-state index contributed by atoms with van der Waals surface area (Å²) in [5, 5.41) is 10.9. The Labute approximate surface area is 142 Å². The maximum Gasteiger partial charge on any atom is 0.223 e. The van der Waals surface area contributed by atoms with E-state index in [-0.39, 0.29) is 11.9 Å². The van der Waals surface area contributed by atoms with Gasteiger partial charge >= 0.3 is 0 Å². The lowest BCUT2D eigenvalue weighted by atomic mass is 9.84. The van der Waals surface area contributed by atoms with Crippen LogP contribution in [0.15, 0.2) is 18.2 Å². The van der Waals surface area contributed by atoms with E-state index in [9.17, 15) is 9.90 Å². The second kappa shape index (κ2) is 5.87. The third-order valence-electron chi connectivity index (χ3n) is 4.82. The van der Waals surface area contributed by atoms with Gasteiger partial charge in [0, 0.05) is 23.4 Å². The third-order valence-corrected chi connectivity index (χ3v) is 5.05. The van der Waals surface area contributed by atoms with Crippen LogP contribution >= 0.6 is 12.2 Å². The molecule has 0 aromatic heterocycles. The predicted octanol–water partition coefficient (Wildman–Crippen LogP) is 3.01. The zero-order valence-electron chi connectivity index (χ0n) is 13.8. The van der Waals surface area contributed by atoms with Crippen molar-refractivity contribution in [2.24, 2.45) is 0 Å². The van der Waals surface area contributed by atoms with Gasteiger partial charge in [-0.05, 0) is 51.3 Å². The molecule has 3 rings (SSSR count). The molecule has 1 N–H and O–H groups in total. The number of amides is 1. The van der Waals surface area contributed by atoms with Crippen molar-refractivity contribution >= 4 is 23.0 Å². The van der Waals surface area contributed by atoms with Gasteiger partial charge in [0.05, 0.1) is 6.04 Å². The van der Waals surface area contributed by atoms with Crippen LogP contribution < -0.4 is 4.74 Å². The molecule has 124 valence electrons. The number of carbonyl (C=O) groups is 1. The van der Waals surface area contributed by atoms with E-state index in [0.29, 0.717) is 13.0 Å². The van der Waals surface area contributed by atoms with Crippen molar-refractivity contribution in [2.75, 3.05) is 6.54 Å². The van der Waals surface area contributed by atoms with Crippen molar-refractivity contribution in [1.29, 1.82) is 0 Å². The normalized spacial score (nSPS) is 26.4. The van der Waals surface area contributed by atoms with Crippen LogP contribution in [0.2, 0.25) is 0 Å². The van der Waals surface area contributed by atoms with E-state index in [2.05, 4.69) is 0 Å². The van der Waals surface area contributed by atoms with Crippen molar-refractivity contribution in [2.45, 2.75) is 57.8 Å². The van der Waals surface area contributed by atoms with Crippen LogP contribution in [-0.4, -0.2) is 39.0 Å². The van der Waals surface area contributed by atoms with E-state index in [1.807, 2.05) is 43.9 Å². The minimum atomic E-state index is -0.780. The van der Waals surface area contributed by atoms with Crippen molar-refractivity contribution < 1.29 is 14.6 Å². The van der Waals surface area contributed by atoms with Gasteiger partial charge in [0.15, 0.2) is 0 Å². The molecule has 0 bridgehead atoms. The summed E-state index contributed by atoms with van der Waals surface area (Å²) in [6.07, 6.45) is 1.66. The smallest absolute Gasteiger partial charge is 0.223 e. The second-order valence-electron chi connectivity index (χ2n) is 6.95. The fourth-order valence-electron chi connectivity index (χ4n) is 3.44. The third kappa shape index (κ3) is 2.88. The Morgan fingerprint density at radius 1 is 1.39 bits per heavy atom. The molecule has 0 radical (unpaired) electrons. The van der Waals surface area contributed by atoms with Crippen molar-refractivity contribution in [1.82, 2.24) is 4.90 Å². The quantitative estimate of drug-likeness (QED) is 0.668. The maximum atomic E-state index is 12.4. The predicted molar refractivity (Wildman–Crippen MR) is 92.8 cm³/mol. The summed E-state index contributed by atoms with van der Waals surface area (Å²) in [6, 6.07) is 5.42. The fraction of sp³-hybridized carbons (Fsp3) is 0.556. The molecule has 0 spiro atoms. The number of rotatable bonds is 2. The number of hydrogen-bond acceptors (Lipinski definition) is 4. The summed E-state index contributed by atoms with van der Waals surface area (Å²) in [7, 11) is 0. The first kappa shape index (κ1) is 16.4. The number of piperidine rings is 1. The SMILES string of the molecule is CC(=S)c1ccc2c(c1)[C@H](N1CCCCC1=O)[C@@H](O)C(C)(C)O2. The number of fused-ring (bicyclic) bond motifs is 1. The lowest BCUT2D eigenvalue weighted by Crippen LogP contribution is -2.55. The minimum Gasteiger partial charge on any atom is -0.485 e. The van der Waals surface area contributed by atoms with E-state index in [4.69, 9.17) is 17.0 Å². The highest BCUT2D eigenvalue weighted by Gasteiger charge is 2.47. The van der Waals surface area contributed by atoms with Crippen LogP contribution in [0.5, 0.6) is 5.75 Å². The molecule has 0 unspecified atom stereocenters. The summed E-state index contributed by atoms with van der Waals surface area (Å²) < 4.78 is 5.99. The summed E-state index contributed by atoms with van der Waals surface area (Å²) in [4.78, 5) is 15.0. The van der Waals surface area contributed by atoms with E-state index >= 15 is 0 Å². The fourth-order valence-corrected chi connectivity index (χ4v) is 3.57. The molecule has 4 nitrogen and oxygen atoms in total. The molecule has 2 aliphatic heterocycles. The Morgan fingerprint density at radius 3 is 2.78 bits per heavy atom. The lowest BCUT2D eigenvalue weighted by molar-refractivity contribution is -0.147. The van der Waals surface area contributed by atoms with Crippen LogP contribution in [0, 0.1) is 0 Å². The summed E-state index contributed by atoms with van der Waals surface area (Å²) in [5.41, 5.74) is 1.04. The van der Waals surface area contributed by atoms with E-state index in [1.54, 1.807) is 0 Å². The van der Waals surface area contributed by atoms with Gasteiger partial charge in [-0.2, -0.15) is 0 Å². The highest BCUT2D eigenvalue weighted by Crippen LogP contribution is 2.44. The Hall–Kier alpha value is -1.46. The zero-order valence-corrected chi connectivity index (χ0v) is 14.7. The van der Waals surface area contributed by atoms with Gasteiger partial charge < -0.3 is 14.7 Å². The first-order valence-electron chi connectivity index (χ1n) is 8.12. The van der Waals surface area contributed by atoms with Crippen LogP contribution in [0.25, 0.3) is 0 Å². The monoisotopic (exact) mass is 333 g/mol. The van der Waals surface area contributed by atoms with Gasteiger partial charge in [-0.3, -0.25) is 4.79 Å². The highest BCUT2D eigenvalue weighted by atomic mass is 32.1. The van der Waals surface area contributed by atoms with Crippen LogP contribution in [0.3, 0.4) is 0 Å². The van der Waals surface area contributed by atoms with Gasteiger partial charge in [0.25, 0.3) is 0 Å². The maximum absolute atomic E-state index is 12.4. The number of aliphatic hydroxyl groups excluding tert-OH is 1. The molecule has 1 fully saturated rings. The molecule has 2 aliphatic rings. The number of aliphatic hydroxyl groups is 1. The molecule has 23 heavy (non-hydrogen) atoms. The van der Waals surface area contributed by atoms with Gasteiger partial charge in [-0.1, -0.05) is 18.3 Å². The summed E-state index contributed by atoms with van der Waals surface area (Å²) >= 11 is 5.28. The van der Waals surface area contributed by atoms with Crippen molar-refractivity contribution in [3.05, 3.63) is 29.3 Å². The summed E-state index contributed by atoms with van der Waals surface area (Å²) in [6.45, 7) is 6.28. The average Bonchev–Trinajstić information content (AvgIpc) is 2.49. The minimum absolute atomic E-state index is 0.105. The first-order chi connectivity index (χ1) is 10.8. The Balaban J connectivity index is 2.11. The number of nitrogens with zero attached hydrogens (tertiary/aromatic N) is 1. The first-order valence-corrected chi connectivity index (χ1v) is 8.53. The standard InChI is InChI=1S/C18H23NO3S/c1-11(23)12-7-8-14-13(10-12)16(17(21)18(2,3)22-14)19-9-5-4-6-15(19)20/h7-8,10,16-17,21H,4-6,9H2,1-3H3/t16-,17+/m0/s1. The Kier molecular flexibility index (Phi) is 4.19. The topological polar surface area (TPSA) is 49.8 Å². The molecule has 2 heterocycles. The molecule has 1 saturated heterocycles. The summed E-state index contributed by atoms with van der Waals surface area (Å²) in [5.74, 6) is 0.831. The van der Waals surface area contributed by atoms with Gasteiger partial charge in [0.1, 0.15) is 17.5 Å². The van der Waals surface area contributed by atoms with Gasteiger partial charge in [0.2, 0.25) is 5.91 Å². The number of carbonyl (C=O) groups excluding carboxylic acids is 1. The number of thiocarbonyl (C=S) groups is 1. The van der Waals surface area contributed by atoms with E-state index in [1.165, 1.54) is 0 Å². The van der Waals surface area contributed by atoms with E-state index in [0.717, 1.165) is 34.6 Å². The second-order valence-corrected chi connectivity index (χ2v) is 7.56. The van der Waals surface area contributed by atoms with Gasteiger partial charge in [-0.25, -0.2) is 0 Å². The molecule has 0 saturated carbocycles. The lowest BCUT2D eigenvalue weighted by Gasteiger charge is -2.47. The van der Waals surface area contributed by atoms with Crippen molar-refractivity contribution in [3.8, 4) is 5.75 Å². The largest absolute Gasteiger partial charge is 0.485 e. The number of likely N-dealkylation sites (tertiary alicyclic amines) is 1. The Morgan fingerprint density at radius 2 is 2.13 bits per heavy atom. The highest BCUT2D eigenvalue weighted by molar-refractivity contribution is 7.80. The molecule has 5 heteroatoms. The number of hydrogen-bond donors (Lipinski definition) is 1. The molecule has 2 atom stereocenters. The number of ether oxygens (including phenoxy) is 1. The van der Waals surface area contributed by atoms with Gasteiger partial charge in [-0.15, -0.1) is 0 Å². The zero-order chi connectivity index (χ0) is 16.8. The molecule has 1 amide bonds. The number of benzene rings is 1. The average molecular weight is 333 g/mol. The molecule has 1 aromatic carbocycles. The molecule has 1 aromatic rings. The molecular weight excluding hydrogens is 310 g/mol. The van der Waals surface area contributed by atoms with Crippen LogP contribution in [0.4, 0.5) is 0 Å². The molecule has 0 aliphatic carbocycles. The van der Waals surface area contributed by atoms with Crippen LogP contribution in [0.1, 0.15) is 57.2 Å². The molecular formula is C18H23NO3S. The van der Waals surface area contributed by atoms with Crippen LogP contribution in [-0.2, 0) is 4.79 Å². The van der Waals surface area contributed by atoms with Crippen molar-refractivity contribution in [3.63, 3.8) is 0 Å².